The van der Waals surface area contributed by atoms with Crippen molar-refractivity contribution in [1.29, 1.82) is 0 Å². The second-order valence-electron chi connectivity index (χ2n) is 6.54. The van der Waals surface area contributed by atoms with Crippen LogP contribution in [0.2, 0.25) is 0 Å². The van der Waals surface area contributed by atoms with Gasteiger partial charge in [-0.3, -0.25) is 9.36 Å². The molecule has 2 aromatic carbocycles. The number of amides is 1. The minimum absolute atomic E-state index is 0.122. The molecule has 150 valence electrons. The maximum Gasteiger partial charge on any atom is 0.234 e. The summed E-state index contributed by atoms with van der Waals surface area (Å²) < 4.78 is 20.6. The number of benzene rings is 2. The van der Waals surface area contributed by atoms with Gasteiger partial charge in [-0.15, -0.1) is 0 Å². The number of imidazole rings is 1. The van der Waals surface area contributed by atoms with Crippen molar-refractivity contribution < 1.29 is 13.9 Å². The molecule has 0 radical (unpaired) electrons. The first-order valence-electron chi connectivity index (χ1n) is 9.34. The molecule has 1 fully saturated rings. The van der Waals surface area contributed by atoms with Crippen LogP contribution in [0.4, 0.5) is 15.8 Å². The van der Waals surface area contributed by atoms with Crippen LogP contribution in [0.15, 0.2) is 66.1 Å². The van der Waals surface area contributed by atoms with E-state index in [4.69, 9.17) is 4.74 Å². The molecule has 1 saturated heterocycles. The van der Waals surface area contributed by atoms with Crippen molar-refractivity contribution in [1.82, 2.24) is 9.55 Å². The first-order valence-corrected chi connectivity index (χ1v) is 10.3. The zero-order chi connectivity index (χ0) is 20.1. The van der Waals surface area contributed by atoms with E-state index >= 15 is 0 Å². The van der Waals surface area contributed by atoms with Crippen molar-refractivity contribution >= 4 is 29.0 Å². The number of hydrogen-bond acceptors (Lipinski definition) is 5. The number of ether oxygens (including phenoxy) is 1. The number of rotatable bonds is 6. The number of carbonyl (C=O) groups excluding carboxylic acids is 1. The van der Waals surface area contributed by atoms with Crippen LogP contribution in [0.3, 0.4) is 0 Å². The minimum atomic E-state index is -0.314. The predicted octanol–water partition coefficient (Wildman–Crippen LogP) is 3.58. The zero-order valence-electron chi connectivity index (χ0n) is 15.8. The summed E-state index contributed by atoms with van der Waals surface area (Å²) >= 11 is 1.30. The highest BCUT2D eigenvalue weighted by atomic mass is 32.2. The van der Waals surface area contributed by atoms with Crippen LogP contribution in [-0.2, 0) is 9.53 Å². The average molecular weight is 412 g/mol. The highest BCUT2D eigenvalue weighted by molar-refractivity contribution is 7.99. The van der Waals surface area contributed by atoms with Gasteiger partial charge in [0.05, 0.1) is 24.7 Å². The molecule has 0 atom stereocenters. The van der Waals surface area contributed by atoms with E-state index in [1.54, 1.807) is 29.1 Å². The van der Waals surface area contributed by atoms with Gasteiger partial charge in [-0.25, -0.2) is 9.37 Å². The summed E-state index contributed by atoms with van der Waals surface area (Å²) in [6.45, 7) is 3.23. The molecule has 3 aromatic rings. The van der Waals surface area contributed by atoms with Gasteiger partial charge in [0.1, 0.15) is 5.82 Å². The van der Waals surface area contributed by atoms with Crippen LogP contribution in [0.1, 0.15) is 0 Å². The van der Waals surface area contributed by atoms with E-state index in [-0.39, 0.29) is 17.5 Å². The van der Waals surface area contributed by atoms with Gasteiger partial charge in [0.25, 0.3) is 0 Å². The quantitative estimate of drug-likeness (QED) is 0.627. The van der Waals surface area contributed by atoms with Gasteiger partial charge in [-0.05, 0) is 42.5 Å². The van der Waals surface area contributed by atoms with Crippen molar-refractivity contribution in [2.45, 2.75) is 5.16 Å². The normalized spacial score (nSPS) is 14.0. The molecule has 4 rings (SSSR count). The molecule has 1 aliphatic rings. The topological polar surface area (TPSA) is 59.4 Å². The lowest BCUT2D eigenvalue weighted by Gasteiger charge is -2.28. The molecule has 0 spiro atoms. The zero-order valence-corrected chi connectivity index (χ0v) is 16.6. The van der Waals surface area contributed by atoms with Crippen molar-refractivity contribution in [3.63, 3.8) is 0 Å². The summed E-state index contributed by atoms with van der Waals surface area (Å²) in [6.07, 6.45) is 3.38. The van der Waals surface area contributed by atoms with Crippen molar-refractivity contribution in [2.24, 2.45) is 0 Å². The van der Waals surface area contributed by atoms with Gasteiger partial charge in [0, 0.05) is 36.9 Å². The van der Waals surface area contributed by atoms with E-state index in [0.29, 0.717) is 10.8 Å². The van der Waals surface area contributed by atoms with E-state index in [0.717, 1.165) is 37.7 Å². The lowest BCUT2D eigenvalue weighted by molar-refractivity contribution is -0.113. The number of morpholine rings is 1. The van der Waals surface area contributed by atoms with Gasteiger partial charge < -0.3 is 15.0 Å². The molecule has 29 heavy (non-hydrogen) atoms. The maximum absolute atomic E-state index is 13.5. The number of nitrogens with one attached hydrogen (secondary N) is 1. The van der Waals surface area contributed by atoms with Crippen molar-refractivity contribution in [3.8, 4) is 5.69 Å². The van der Waals surface area contributed by atoms with Crippen LogP contribution in [-0.4, -0.2) is 47.5 Å². The fourth-order valence-corrected chi connectivity index (χ4v) is 3.90. The van der Waals surface area contributed by atoms with Crippen molar-refractivity contribution in [3.05, 3.63) is 66.7 Å². The number of nitrogens with zero attached hydrogens (tertiary/aromatic N) is 3. The average Bonchev–Trinajstić information content (AvgIpc) is 3.22. The molecule has 0 saturated carbocycles. The fraction of sp³-hybridized carbons (Fsp3) is 0.238. The molecule has 0 bridgehead atoms. The molecule has 0 aliphatic carbocycles. The Morgan fingerprint density at radius 1 is 1.14 bits per heavy atom. The van der Waals surface area contributed by atoms with Crippen molar-refractivity contribution in [2.75, 3.05) is 42.3 Å². The molecule has 1 amide bonds. The summed E-state index contributed by atoms with van der Waals surface area (Å²) in [5.74, 6) is -0.231. The third-order valence-electron chi connectivity index (χ3n) is 4.55. The largest absolute Gasteiger partial charge is 0.378 e. The highest BCUT2D eigenvalue weighted by Crippen LogP contribution is 2.22. The van der Waals surface area contributed by atoms with E-state index in [1.807, 2.05) is 24.3 Å². The number of aromatic nitrogens is 2. The molecule has 2 heterocycles. The number of thioether (sulfide) groups is 1. The molecular weight excluding hydrogens is 391 g/mol. The van der Waals surface area contributed by atoms with Crippen LogP contribution in [0.25, 0.3) is 5.69 Å². The number of hydrogen-bond donors (Lipinski definition) is 1. The molecule has 6 nitrogen and oxygen atoms in total. The minimum Gasteiger partial charge on any atom is -0.378 e. The second-order valence-corrected chi connectivity index (χ2v) is 7.49. The molecule has 1 N–H and O–H groups in total. The van der Waals surface area contributed by atoms with Gasteiger partial charge in [-0.2, -0.15) is 0 Å². The number of carbonyl (C=O) groups is 1. The summed E-state index contributed by atoms with van der Waals surface area (Å²) in [7, 11) is 0. The summed E-state index contributed by atoms with van der Waals surface area (Å²) in [6, 6.07) is 14.1. The molecule has 1 aromatic heterocycles. The highest BCUT2D eigenvalue weighted by Gasteiger charge is 2.12. The summed E-state index contributed by atoms with van der Waals surface area (Å²) in [4.78, 5) is 18.9. The van der Waals surface area contributed by atoms with E-state index in [2.05, 4.69) is 15.2 Å². The van der Waals surface area contributed by atoms with Crippen LogP contribution < -0.4 is 10.2 Å². The SMILES string of the molecule is O=C(CSc1nccn1-c1cccc(F)c1)Nc1ccc(N2CCOCC2)cc1. The van der Waals surface area contributed by atoms with Gasteiger partial charge in [0.2, 0.25) is 5.91 Å². The summed E-state index contributed by atoms with van der Waals surface area (Å²) in [5, 5.41) is 3.54. The third-order valence-corrected chi connectivity index (χ3v) is 5.52. The maximum atomic E-state index is 13.5. The van der Waals surface area contributed by atoms with Crippen LogP contribution in [0.5, 0.6) is 0 Å². The predicted molar refractivity (Wildman–Crippen MR) is 112 cm³/mol. The Morgan fingerprint density at radius 2 is 1.93 bits per heavy atom. The second kappa shape index (κ2) is 9.11. The number of anilines is 2. The lowest BCUT2D eigenvalue weighted by atomic mass is 10.2. The Balaban J connectivity index is 1.33. The Bertz CT molecular complexity index is 971. The molecule has 1 aliphatic heterocycles. The Morgan fingerprint density at radius 3 is 2.69 bits per heavy atom. The lowest BCUT2D eigenvalue weighted by Crippen LogP contribution is -2.36. The standard InChI is InChI=1S/C21H21FN4O2S/c22-16-2-1-3-19(14-16)26-9-8-23-21(26)29-15-20(27)24-17-4-6-18(7-5-17)25-10-12-28-13-11-25/h1-9,14H,10-13,15H2,(H,24,27). The first kappa shape index (κ1) is 19.5. The fourth-order valence-electron chi connectivity index (χ4n) is 3.12. The van der Waals surface area contributed by atoms with Crippen LogP contribution in [0, 0.1) is 5.82 Å². The van der Waals surface area contributed by atoms with Gasteiger partial charge >= 0.3 is 0 Å². The molecule has 0 unspecified atom stereocenters. The monoisotopic (exact) mass is 412 g/mol. The van der Waals surface area contributed by atoms with Gasteiger partial charge in [0.15, 0.2) is 5.16 Å². The molecular formula is C21H21FN4O2S. The first-order chi connectivity index (χ1) is 14.2. The van der Waals surface area contributed by atoms with Gasteiger partial charge in [-0.1, -0.05) is 17.8 Å². The van der Waals surface area contributed by atoms with E-state index in [1.165, 1.54) is 23.9 Å². The smallest absolute Gasteiger partial charge is 0.234 e. The number of halogens is 1. The van der Waals surface area contributed by atoms with E-state index < -0.39 is 0 Å². The van der Waals surface area contributed by atoms with Crippen LogP contribution >= 0.6 is 11.8 Å². The van der Waals surface area contributed by atoms with E-state index in [9.17, 15) is 9.18 Å². The Kier molecular flexibility index (Phi) is 6.12. The Labute approximate surface area is 172 Å². The Hall–Kier alpha value is -2.84. The third kappa shape index (κ3) is 4.96. The molecule has 8 heteroatoms. The summed E-state index contributed by atoms with van der Waals surface area (Å²) in [5.41, 5.74) is 2.54.